The molecule has 1 rings (SSSR count). The minimum absolute atomic E-state index is 0.0260. The van der Waals surface area contributed by atoms with Gasteiger partial charge in [0.2, 0.25) is 5.91 Å². The monoisotopic (exact) mass is 242 g/mol. The molecule has 3 N–H and O–H groups in total. The topological polar surface area (TPSA) is 64.3 Å². The summed E-state index contributed by atoms with van der Waals surface area (Å²) in [5.74, 6) is 0.286. The lowest BCUT2D eigenvalue weighted by Gasteiger charge is -2.14. The summed E-state index contributed by atoms with van der Waals surface area (Å²) in [5.41, 5.74) is 5.93. The first-order chi connectivity index (χ1) is 7.52. The number of nitrogens with two attached hydrogens (primary N) is 1. The first-order valence-corrected chi connectivity index (χ1v) is 5.29. The number of methoxy groups -OCH3 is 1. The van der Waals surface area contributed by atoms with Gasteiger partial charge in [-0.15, -0.1) is 0 Å². The number of halogens is 1. The number of primary amides is 1. The van der Waals surface area contributed by atoms with Gasteiger partial charge in [-0.2, -0.15) is 0 Å². The second kappa shape index (κ2) is 5.61. The van der Waals surface area contributed by atoms with E-state index in [0.29, 0.717) is 10.8 Å². The number of hydrogen-bond donors (Lipinski definition) is 2. The van der Waals surface area contributed by atoms with Crippen molar-refractivity contribution in [2.75, 3.05) is 12.4 Å². The zero-order chi connectivity index (χ0) is 12.1. The summed E-state index contributed by atoms with van der Waals surface area (Å²) in [6.07, 6.45) is 0.281. The van der Waals surface area contributed by atoms with Crippen LogP contribution in [0, 0.1) is 0 Å². The van der Waals surface area contributed by atoms with Crippen LogP contribution in [0.4, 0.5) is 5.69 Å². The molecule has 1 aromatic carbocycles. The van der Waals surface area contributed by atoms with E-state index in [4.69, 9.17) is 22.1 Å². The maximum absolute atomic E-state index is 10.7. The second-order valence-corrected chi connectivity index (χ2v) is 3.97. The highest BCUT2D eigenvalue weighted by Gasteiger charge is 2.07. The highest BCUT2D eigenvalue weighted by Crippen LogP contribution is 2.27. The number of ether oxygens (including phenoxy) is 1. The summed E-state index contributed by atoms with van der Waals surface area (Å²) in [7, 11) is 1.56. The Bertz CT molecular complexity index is 382. The number of nitrogens with one attached hydrogen (secondary N) is 1. The zero-order valence-corrected chi connectivity index (χ0v) is 10.0. The molecule has 0 radical (unpaired) electrons. The largest absolute Gasteiger partial charge is 0.495 e. The standard InChI is InChI=1S/C11H15ClN2O2/c1-7(5-11(13)15)14-8-3-4-10(16-2)9(12)6-8/h3-4,6-7,14H,5H2,1-2H3,(H2,13,15). The van der Waals surface area contributed by atoms with Crippen LogP contribution in [0.3, 0.4) is 0 Å². The van der Waals surface area contributed by atoms with Crippen LogP contribution in [0.1, 0.15) is 13.3 Å². The molecular formula is C11H15ClN2O2. The van der Waals surface area contributed by atoms with Crippen molar-refractivity contribution in [3.63, 3.8) is 0 Å². The van der Waals surface area contributed by atoms with Crippen molar-refractivity contribution in [1.82, 2.24) is 0 Å². The summed E-state index contributed by atoms with van der Waals surface area (Å²) < 4.78 is 5.04. The van der Waals surface area contributed by atoms with Gasteiger partial charge in [-0.25, -0.2) is 0 Å². The van der Waals surface area contributed by atoms with E-state index < -0.39 is 0 Å². The number of anilines is 1. The smallest absolute Gasteiger partial charge is 0.219 e. The highest BCUT2D eigenvalue weighted by atomic mass is 35.5. The van der Waals surface area contributed by atoms with Gasteiger partial charge in [0.15, 0.2) is 0 Å². The predicted molar refractivity (Wildman–Crippen MR) is 64.9 cm³/mol. The molecule has 0 heterocycles. The van der Waals surface area contributed by atoms with E-state index >= 15 is 0 Å². The molecule has 1 amide bonds. The minimum Gasteiger partial charge on any atom is -0.495 e. The van der Waals surface area contributed by atoms with Gasteiger partial charge in [0.05, 0.1) is 12.1 Å². The van der Waals surface area contributed by atoms with Gasteiger partial charge < -0.3 is 15.8 Å². The third-order valence-corrected chi connectivity index (χ3v) is 2.37. The number of rotatable bonds is 5. The predicted octanol–water partition coefficient (Wildman–Crippen LogP) is 2.02. The summed E-state index contributed by atoms with van der Waals surface area (Å²) in [4.78, 5) is 10.7. The molecule has 1 atom stereocenters. The molecule has 0 bridgehead atoms. The van der Waals surface area contributed by atoms with E-state index in [1.807, 2.05) is 13.0 Å². The van der Waals surface area contributed by atoms with E-state index in [1.54, 1.807) is 19.2 Å². The fourth-order valence-electron chi connectivity index (χ4n) is 1.39. The van der Waals surface area contributed by atoms with Crippen LogP contribution in [0.15, 0.2) is 18.2 Å². The van der Waals surface area contributed by atoms with E-state index in [1.165, 1.54) is 0 Å². The van der Waals surface area contributed by atoms with Crippen LogP contribution in [0.2, 0.25) is 5.02 Å². The lowest BCUT2D eigenvalue weighted by molar-refractivity contribution is -0.118. The lowest BCUT2D eigenvalue weighted by Crippen LogP contribution is -2.23. The molecule has 0 aliphatic heterocycles. The van der Waals surface area contributed by atoms with Crippen LogP contribution in [-0.4, -0.2) is 19.1 Å². The van der Waals surface area contributed by atoms with Gasteiger partial charge in [-0.1, -0.05) is 11.6 Å². The van der Waals surface area contributed by atoms with Gasteiger partial charge in [-0.05, 0) is 25.1 Å². The molecule has 0 fully saturated rings. The van der Waals surface area contributed by atoms with Crippen LogP contribution >= 0.6 is 11.6 Å². The molecule has 16 heavy (non-hydrogen) atoms. The Morgan fingerprint density at radius 1 is 1.62 bits per heavy atom. The molecule has 0 aliphatic rings. The van der Waals surface area contributed by atoms with Crippen molar-refractivity contribution in [2.24, 2.45) is 5.73 Å². The first-order valence-electron chi connectivity index (χ1n) is 4.91. The molecule has 5 heteroatoms. The van der Waals surface area contributed by atoms with Crippen molar-refractivity contribution < 1.29 is 9.53 Å². The van der Waals surface area contributed by atoms with Gasteiger partial charge >= 0.3 is 0 Å². The molecule has 4 nitrogen and oxygen atoms in total. The molecule has 1 unspecified atom stereocenters. The van der Waals surface area contributed by atoms with Crippen molar-refractivity contribution >= 4 is 23.2 Å². The Morgan fingerprint density at radius 3 is 2.81 bits per heavy atom. The molecule has 0 saturated carbocycles. The Kier molecular flexibility index (Phi) is 4.43. The summed E-state index contributed by atoms with van der Waals surface area (Å²) >= 11 is 5.96. The quantitative estimate of drug-likeness (QED) is 0.830. The average Bonchev–Trinajstić information content (AvgIpc) is 2.16. The van der Waals surface area contributed by atoms with Gasteiger partial charge in [0.1, 0.15) is 5.75 Å². The molecule has 0 aliphatic carbocycles. The first kappa shape index (κ1) is 12.6. The fraction of sp³-hybridized carbons (Fsp3) is 0.364. The van der Waals surface area contributed by atoms with Crippen LogP contribution in [0.5, 0.6) is 5.75 Å². The molecular weight excluding hydrogens is 228 g/mol. The second-order valence-electron chi connectivity index (χ2n) is 3.57. The minimum atomic E-state index is -0.334. The Balaban J connectivity index is 2.67. The molecule has 1 aromatic rings. The molecule has 0 aromatic heterocycles. The zero-order valence-electron chi connectivity index (χ0n) is 9.29. The summed E-state index contributed by atoms with van der Waals surface area (Å²) in [5, 5.41) is 3.65. The Hall–Kier alpha value is -1.42. The normalized spacial score (nSPS) is 11.9. The fourth-order valence-corrected chi connectivity index (χ4v) is 1.65. The van der Waals surface area contributed by atoms with Gasteiger partial charge in [-0.3, -0.25) is 4.79 Å². The van der Waals surface area contributed by atoms with Crippen molar-refractivity contribution in [3.05, 3.63) is 23.2 Å². The number of benzene rings is 1. The number of amides is 1. The average molecular weight is 243 g/mol. The van der Waals surface area contributed by atoms with Crippen molar-refractivity contribution in [3.8, 4) is 5.75 Å². The number of carbonyl (C=O) groups is 1. The lowest BCUT2D eigenvalue weighted by atomic mass is 10.2. The number of hydrogen-bond acceptors (Lipinski definition) is 3. The van der Waals surface area contributed by atoms with Crippen molar-refractivity contribution in [2.45, 2.75) is 19.4 Å². The maximum Gasteiger partial charge on any atom is 0.219 e. The van der Waals surface area contributed by atoms with Crippen LogP contribution < -0.4 is 15.8 Å². The highest BCUT2D eigenvalue weighted by molar-refractivity contribution is 6.32. The third kappa shape index (κ3) is 3.62. The van der Waals surface area contributed by atoms with Gasteiger partial charge in [0.25, 0.3) is 0 Å². The Labute approximate surface area is 99.7 Å². The summed E-state index contributed by atoms with van der Waals surface area (Å²) in [6, 6.07) is 5.32. The molecule has 88 valence electrons. The summed E-state index contributed by atoms with van der Waals surface area (Å²) in [6.45, 7) is 1.88. The van der Waals surface area contributed by atoms with Crippen LogP contribution in [-0.2, 0) is 4.79 Å². The number of carbonyl (C=O) groups excluding carboxylic acids is 1. The van der Waals surface area contributed by atoms with E-state index in [0.717, 1.165) is 5.69 Å². The maximum atomic E-state index is 10.7. The SMILES string of the molecule is COc1ccc(NC(C)CC(N)=O)cc1Cl. The molecule has 0 saturated heterocycles. The van der Waals surface area contributed by atoms with Crippen LogP contribution in [0.25, 0.3) is 0 Å². The Morgan fingerprint density at radius 2 is 2.31 bits per heavy atom. The van der Waals surface area contributed by atoms with E-state index in [2.05, 4.69) is 5.32 Å². The van der Waals surface area contributed by atoms with E-state index in [9.17, 15) is 4.79 Å². The van der Waals surface area contributed by atoms with Gasteiger partial charge in [0, 0.05) is 18.2 Å². The van der Waals surface area contributed by atoms with E-state index in [-0.39, 0.29) is 18.4 Å². The molecule has 0 spiro atoms. The third-order valence-electron chi connectivity index (χ3n) is 2.07. The van der Waals surface area contributed by atoms with Crippen molar-refractivity contribution in [1.29, 1.82) is 0 Å².